The molecule has 21 heavy (non-hydrogen) atoms. The van der Waals surface area contributed by atoms with Gasteiger partial charge in [0.15, 0.2) is 0 Å². The van der Waals surface area contributed by atoms with E-state index in [1.807, 2.05) is 43.3 Å². The van der Waals surface area contributed by atoms with Crippen LogP contribution in [0.3, 0.4) is 0 Å². The molecule has 0 aliphatic carbocycles. The number of hydrogen-bond acceptors (Lipinski definition) is 1. The minimum Gasteiger partial charge on any atom is -0.481 e. The highest BCUT2D eigenvalue weighted by molar-refractivity contribution is 5.76. The molecule has 0 aliphatic heterocycles. The van der Waals surface area contributed by atoms with Gasteiger partial charge in [-0.2, -0.15) is 0 Å². The highest BCUT2D eigenvalue weighted by atomic mass is 16.4. The molecule has 0 amide bonds. The number of hydrogen-bond donors (Lipinski definition) is 1. The van der Waals surface area contributed by atoms with Crippen LogP contribution in [-0.2, 0) is 11.2 Å². The Kier molecular flexibility index (Phi) is 4.79. The smallest absolute Gasteiger partial charge is 0.311 e. The van der Waals surface area contributed by atoms with Crippen LogP contribution in [-0.4, -0.2) is 11.1 Å². The van der Waals surface area contributed by atoms with Crippen LogP contribution >= 0.6 is 0 Å². The lowest BCUT2D eigenvalue weighted by molar-refractivity contribution is -0.138. The number of aliphatic carboxylic acids is 1. The molecule has 0 heterocycles. The molecule has 0 bridgehead atoms. The first-order valence-electron chi connectivity index (χ1n) is 7.35. The SMILES string of the molecule is Cc1ccc(C(Cc2ccc(C(C)C)cc2)C(=O)O)cc1. The fourth-order valence-corrected chi connectivity index (χ4v) is 2.42. The van der Waals surface area contributed by atoms with Gasteiger partial charge in [-0.25, -0.2) is 0 Å². The van der Waals surface area contributed by atoms with E-state index in [4.69, 9.17) is 0 Å². The van der Waals surface area contributed by atoms with Gasteiger partial charge in [-0.1, -0.05) is 67.9 Å². The Balaban J connectivity index is 2.20. The van der Waals surface area contributed by atoms with E-state index in [-0.39, 0.29) is 0 Å². The molecule has 0 saturated heterocycles. The van der Waals surface area contributed by atoms with Gasteiger partial charge in [0.25, 0.3) is 0 Å². The molecule has 0 aliphatic rings. The number of carboxylic acids is 1. The van der Waals surface area contributed by atoms with Crippen molar-refractivity contribution < 1.29 is 9.90 Å². The van der Waals surface area contributed by atoms with Crippen LogP contribution in [0.25, 0.3) is 0 Å². The number of aryl methyl sites for hydroxylation is 1. The molecule has 2 aromatic rings. The Hall–Kier alpha value is -2.09. The monoisotopic (exact) mass is 282 g/mol. The van der Waals surface area contributed by atoms with Gasteiger partial charge >= 0.3 is 5.97 Å². The second-order valence-corrected chi connectivity index (χ2v) is 5.90. The Morgan fingerprint density at radius 3 is 1.95 bits per heavy atom. The molecule has 2 rings (SSSR count). The summed E-state index contributed by atoms with van der Waals surface area (Å²) >= 11 is 0. The molecule has 1 N–H and O–H groups in total. The van der Waals surface area contributed by atoms with E-state index in [1.54, 1.807) is 0 Å². The van der Waals surface area contributed by atoms with Crippen LogP contribution in [0.1, 0.15) is 47.9 Å². The Morgan fingerprint density at radius 1 is 0.952 bits per heavy atom. The van der Waals surface area contributed by atoms with E-state index >= 15 is 0 Å². The van der Waals surface area contributed by atoms with Gasteiger partial charge in [-0.3, -0.25) is 4.79 Å². The summed E-state index contributed by atoms with van der Waals surface area (Å²) in [5.74, 6) is -0.770. The van der Waals surface area contributed by atoms with Gasteiger partial charge in [0.1, 0.15) is 0 Å². The lowest BCUT2D eigenvalue weighted by atomic mass is 9.90. The fourth-order valence-electron chi connectivity index (χ4n) is 2.42. The number of rotatable bonds is 5. The van der Waals surface area contributed by atoms with Crippen molar-refractivity contribution in [3.63, 3.8) is 0 Å². The van der Waals surface area contributed by atoms with Crippen molar-refractivity contribution in [1.82, 2.24) is 0 Å². The molecular weight excluding hydrogens is 260 g/mol. The summed E-state index contributed by atoms with van der Waals surface area (Å²) < 4.78 is 0. The van der Waals surface area contributed by atoms with E-state index in [0.29, 0.717) is 12.3 Å². The van der Waals surface area contributed by atoms with Gasteiger partial charge in [-0.15, -0.1) is 0 Å². The molecule has 0 aromatic heterocycles. The average Bonchev–Trinajstić information content (AvgIpc) is 2.46. The van der Waals surface area contributed by atoms with E-state index in [9.17, 15) is 9.90 Å². The largest absolute Gasteiger partial charge is 0.481 e. The van der Waals surface area contributed by atoms with Crippen LogP contribution in [0, 0.1) is 6.92 Å². The van der Waals surface area contributed by atoms with Crippen molar-refractivity contribution >= 4 is 5.97 Å². The van der Waals surface area contributed by atoms with E-state index in [0.717, 1.165) is 16.7 Å². The minimum absolute atomic E-state index is 0.490. The summed E-state index contributed by atoms with van der Waals surface area (Å²) in [5.41, 5.74) is 4.35. The minimum atomic E-state index is -0.771. The molecular formula is C19H22O2. The van der Waals surface area contributed by atoms with Gasteiger partial charge < -0.3 is 5.11 Å². The highest BCUT2D eigenvalue weighted by Crippen LogP contribution is 2.23. The summed E-state index contributed by atoms with van der Waals surface area (Å²) in [6, 6.07) is 16.0. The molecule has 1 unspecified atom stereocenters. The zero-order chi connectivity index (χ0) is 15.4. The molecule has 110 valence electrons. The molecule has 0 spiro atoms. The maximum atomic E-state index is 11.6. The first-order chi connectivity index (χ1) is 9.97. The van der Waals surface area contributed by atoms with Crippen LogP contribution in [0.4, 0.5) is 0 Å². The van der Waals surface area contributed by atoms with Crippen molar-refractivity contribution in [3.05, 3.63) is 70.8 Å². The van der Waals surface area contributed by atoms with E-state index in [1.165, 1.54) is 5.56 Å². The standard InChI is InChI=1S/C19H22O2/c1-13(2)16-10-6-15(7-11-16)12-18(19(20)21)17-8-4-14(3)5-9-17/h4-11,13,18H,12H2,1-3H3,(H,20,21). The topological polar surface area (TPSA) is 37.3 Å². The van der Waals surface area contributed by atoms with Gasteiger partial charge in [0, 0.05) is 0 Å². The molecule has 0 saturated carbocycles. The second-order valence-electron chi connectivity index (χ2n) is 5.90. The van der Waals surface area contributed by atoms with Crippen molar-refractivity contribution in [2.24, 2.45) is 0 Å². The van der Waals surface area contributed by atoms with Crippen LogP contribution in [0.5, 0.6) is 0 Å². The highest BCUT2D eigenvalue weighted by Gasteiger charge is 2.20. The molecule has 2 heteroatoms. The molecule has 2 nitrogen and oxygen atoms in total. The normalized spacial score (nSPS) is 12.4. The average molecular weight is 282 g/mol. The Morgan fingerprint density at radius 2 is 1.48 bits per heavy atom. The van der Waals surface area contributed by atoms with Crippen molar-refractivity contribution in [1.29, 1.82) is 0 Å². The summed E-state index contributed by atoms with van der Waals surface area (Å²) in [6.07, 6.45) is 0.525. The molecule has 2 aromatic carbocycles. The lowest BCUT2D eigenvalue weighted by Crippen LogP contribution is -2.14. The zero-order valence-corrected chi connectivity index (χ0v) is 12.8. The first kappa shape index (κ1) is 15.3. The lowest BCUT2D eigenvalue weighted by Gasteiger charge is -2.14. The van der Waals surface area contributed by atoms with E-state index in [2.05, 4.69) is 26.0 Å². The number of carboxylic acid groups (broad SMARTS) is 1. The zero-order valence-electron chi connectivity index (χ0n) is 12.8. The van der Waals surface area contributed by atoms with Gasteiger partial charge in [0.05, 0.1) is 5.92 Å². The van der Waals surface area contributed by atoms with Crippen molar-refractivity contribution in [2.75, 3.05) is 0 Å². The molecule has 1 atom stereocenters. The third-order valence-corrected chi connectivity index (χ3v) is 3.86. The van der Waals surface area contributed by atoms with Gasteiger partial charge in [0.2, 0.25) is 0 Å². The van der Waals surface area contributed by atoms with Crippen LogP contribution in [0.15, 0.2) is 48.5 Å². The molecule has 0 radical (unpaired) electrons. The van der Waals surface area contributed by atoms with E-state index < -0.39 is 11.9 Å². The van der Waals surface area contributed by atoms with Crippen molar-refractivity contribution in [3.8, 4) is 0 Å². The molecule has 0 fully saturated rings. The van der Waals surface area contributed by atoms with Crippen LogP contribution < -0.4 is 0 Å². The maximum Gasteiger partial charge on any atom is 0.311 e. The summed E-state index contributed by atoms with van der Waals surface area (Å²) in [7, 11) is 0. The predicted octanol–water partition coefficient (Wildman–Crippen LogP) is 4.53. The summed E-state index contributed by atoms with van der Waals surface area (Å²) in [6.45, 7) is 6.31. The second kappa shape index (κ2) is 6.57. The summed E-state index contributed by atoms with van der Waals surface area (Å²) in [4.78, 5) is 11.6. The Bertz CT molecular complexity index is 594. The maximum absolute atomic E-state index is 11.6. The third-order valence-electron chi connectivity index (χ3n) is 3.86. The third kappa shape index (κ3) is 3.94. The van der Waals surface area contributed by atoms with Gasteiger partial charge in [-0.05, 0) is 36.0 Å². The summed E-state index contributed by atoms with van der Waals surface area (Å²) in [5, 5.41) is 9.50. The van der Waals surface area contributed by atoms with Crippen LogP contribution in [0.2, 0.25) is 0 Å². The number of carbonyl (C=O) groups is 1. The fraction of sp³-hybridized carbons (Fsp3) is 0.316. The quantitative estimate of drug-likeness (QED) is 0.874. The predicted molar refractivity (Wildman–Crippen MR) is 85.8 cm³/mol. The van der Waals surface area contributed by atoms with Crippen molar-refractivity contribution in [2.45, 2.75) is 39.0 Å². The number of benzene rings is 2. The first-order valence-corrected chi connectivity index (χ1v) is 7.35. The Labute approximate surface area is 126 Å².